The van der Waals surface area contributed by atoms with Crippen molar-refractivity contribution in [2.24, 2.45) is 10.6 Å². The van der Waals surface area contributed by atoms with E-state index in [0.717, 1.165) is 0 Å². The molecule has 0 atom stereocenters. The van der Waals surface area contributed by atoms with Gasteiger partial charge in [-0.3, -0.25) is 19.7 Å². The van der Waals surface area contributed by atoms with Gasteiger partial charge < -0.3 is 9.47 Å². The fourth-order valence-corrected chi connectivity index (χ4v) is 3.20. The predicted molar refractivity (Wildman–Crippen MR) is 101 cm³/mol. The maximum Gasteiger partial charge on any atom is 0.327 e. The Hall–Kier alpha value is -3.62. The molecule has 2 aromatic rings. The normalized spacial score (nSPS) is 17.2. The Labute approximate surface area is 165 Å². The van der Waals surface area contributed by atoms with E-state index in [1.54, 1.807) is 12.1 Å². The summed E-state index contributed by atoms with van der Waals surface area (Å²) < 4.78 is 10.7. The van der Waals surface area contributed by atoms with Gasteiger partial charge in [-0.1, -0.05) is 24.3 Å². The summed E-state index contributed by atoms with van der Waals surface area (Å²) in [6, 6.07) is 11.7. The minimum absolute atomic E-state index is 0.0309. The molecule has 0 aliphatic carbocycles. The van der Waals surface area contributed by atoms with Crippen molar-refractivity contribution >= 4 is 23.3 Å². The van der Waals surface area contributed by atoms with Crippen LogP contribution in [0.15, 0.2) is 53.7 Å². The van der Waals surface area contributed by atoms with Crippen molar-refractivity contribution in [1.82, 2.24) is 0 Å². The van der Waals surface area contributed by atoms with Crippen molar-refractivity contribution in [2.75, 3.05) is 0 Å². The van der Waals surface area contributed by atoms with Crippen LogP contribution >= 0.6 is 0 Å². The molecule has 9 heteroatoms. The summed E-state index contributed by atoms with van der Waals surface area (Å²) in [5, 5.41) is 13.7. The minimum atomic E-state index is -1.66. The highest BCUT2D eigenvalue weighted by Gasteiger charge is 2.56. The second kappa shape index (κ2) is 7.42. The van der Waals surface area contributed by atoms with Crippen LogP contribution in [0.1, 0.15) is 25.0 Å². The topological polar surface area (TPSA) is 125 Å². The number of nitro groups is 1. The van der Waals surface area contributed by atoms with Crippen LogP contribution in [-0.2, 0) is 31.9 Å². The van der Waals surface area contributed by atoms with Gasteiger partial charge in [-0.2, -0.15) is 0 Å². The van der Waals surface area contributed by atoms with Crippen LogP contribution in [0.4, 0.5) is 11.4 Å². The number of nitrogens with zero attached hydrogens (tertiary/aromatic N) is 2. The van der Waals surface area contributed by atoms with Crippen LogP contribution in [0.3, 0.4) is 0 Å². The zero-order chi connectivity index (χ0) is 21.2. The highest BCUT2D eigenvalue weighted by molar-refractivity contribution is 6.02. The fourth-order valence-electron chi connectivity index (χ4n) is 3.20. The largest absolute Gasteiger partial charge is 0.422 e. The van der Waals surface area contributed by atoms with Gasteiger partial charge in [0.2, 0.25) is 0 Å². The van der Waals surface area contributed by atoms with Gasteiger partial charge in [-0.05, 0) is 41.3 Å². The lowest BCUT2D eigenvalue weighted by Crippen LogP contribution is -2.56. The van der Waals surface area contributed by atoms with Crippen molar-refractivity contribution in [1.29, 1.82) is 0 Å². The summed E-state index contributed by atoms with van der Waals surface area (Å²) in [5.41, 5.74) is -0.409. The predicted octanol–water partition coefficient (Wildman–Crippen LogP) is 3.60. The van der Waals surface area contributed by atoms with Crippen LogP contribution in [0.2, 0.25) is 0 Å². The zero-order valence-corrected chi connectivity index (χ0v) is 15.8. The third-order valence-corrected chi connectivity index (χ3v) is 4.66. The molecule has 3 rings (SSSR count). The molecule has 0 bridgehead atoms. The van der Waals surface area contributed by atoms with Gasteiger partial charge in [0.25, 0.3) is 11.5 Å². The molecule has 0 N–H and O–H groups in total. The maximum absolute atomic E-state index is 12.9. The first kappa shape index (κ1) is 20.1. The molecule has 0 spiro atoms. The van der Waals surface area contributed by atoms with Crippen LogP contribution in [0.25, 0.3) is 0 Å². The number of hydrogen-bond donors (Lipinski definition) is 0. The number of non-ortho nitro benzene ring substituents is 1. The lowest BCUT2D eigenvalue weighted by atomic mass is 9.75. The smallest absolute Gasteiger partial charge is 0.327 e. The Kier molecular flexibility index (Phi) is 5.15. The molecule has 0 unspecified atom stereocenters. The van der Waals surface area contributed by atoms with E-state index < -0.39 is 28.1 Å². The van der Waals surface area contributed by atoms with E-state index in [1.807, 2.05) is 0 Å². The lowest BCUT2D eigenvalue weighted by Gasteiger charge is -2.40. The van der Waals surface area contributed by atoms with E-state index in [2.05, 4.69) is 5.18 Å². The number of carbonyl (C=O) groups is 2. The van der Waals surface area contributed by atoms with Crippen molar-refractivity contribution < 1.29 is 24.0 Å². The number of hydrogen-bond acceptors (Lipinski definition) is 8. The van der Waals surface area contributed by atoms with E-state index in [0.29, 0.717) is 11.1 Å². The molecular formula is C20H18N2O7. The van der Waals surface area contributed by atoms with E-state index in [9.17, 15) is 24.6 Å². The molecule has 1 heterocycles. The molecule has 1 aliphatic rings. The summed E-state index contributed by atoms with van der Waals surface area (Å²) in [4.78, 5) is 46.8. The summed E-state index contributed by atoms with van der Waals surface area (Å²) in [7, 11) is 0. The molecule has 0 amide bonds. The van der Waals surface area contributed by atoms with Crippen molar-refractivity contribution in [2.45, 2.75) is 32.5 Å². The second-order valence-electron chi connectivity index (χ2n) is 7.30. The summed E-state index contributed by atoms with van der Waals surface area (Å²) in [6.45, 7) is 2.92. The number of ether oxygens (including phenoxy) is 2. The number of esters is 2. The monoisotopic (exact) mass is 398 g/mol. The Morgan fingerprint density at radius 2 is 1.34 bits per heavy atom. The van der Waals surface area contributed by atoms with Gasteiger partial charge in [0.05, 0.1) is 4.92 Å². The first-order valence-electron chi connectivity index (χ1n) is 8.78. The van der Waals surface area contributed by atoms with Gasteiger partial charge in [0, 0.05) is 26.0 Å². The van der Waals surface area contributed by atoms with E-state index >= 15 is 0 Å². The number of nitroso groups, excluding NO2 is 1. The molecule has 0 saturated carbocycles. The van der Waals surface area contributed by atoms with Crippen molar-refractivity contribution in [3.63, 3.8) is 0 Å². The Balaban J connectivity index is 1.98. The molecule has 2 aromatic carbocycles. The molecule has 29 heavy (non-hydrogen) atoms. The van der Waals surface area contributed by atoms with E-state index in [-0.39, 0.29) is 24.2 Å². The third kappa shape index (κ3) is 4.13. The van der Waals surface area contributed by atoms with Crippen LogP contribution in [0.5, 0.6) is 0 Å². The van der Waals surface area contributed by atoms with Gasteiger partial charge in [0.15, 0.2) is 5.41 Å². The number of nitro benzene ring substituents is 1. The SMILES string of the molecule is CC1(C)OC(=O)C(Cc2ccc(N=O)cc2)(Cc2ccc([N+](=O)[O-])cc2)C(=O)O1. The highest BCUT2D eigenvalue weighted by Crippen LogP contribution is 2.38. The summed E-state index contributed by atoms with van der Waals surface area (Å²) in [6.07, 6.45) is -0.0940. The first-order chi connectivity index (χ1) is 13.6. The third-order valence-electron chi connectivity index (χ3n) is 4.66. The van der Waals surface area contributed by atoms with Crippen LogP contribution in [0, 0.1) is 20.4 Å². The van der Waals surface area contributed by atoms with Crippen LogP contribution in [-0.4, -0.2) is 22.6 Å². The molecule has 9 nitrogen and oxygen atoms in total. The lowest BCUT2D eigenvalue weighted by molar-refractivity contribution is -0.384. The zero-order valence-electron chi connectivity index (χ0n) is 15.8. The van der Waals surface area contributed by atoms with Gasteiger partial charge >= 0.3 is 11.9 Å². The average molecular weight is 398 g/mol. The van der Waals surface area contributed by atoms with E-state index in [1.165, 1.54) is 50.2 Å². The first-order valence-corrected chi connectivity index (χ1v) is 8.78. The van der Waals surface area contributed by atoms with Gasteiger partial charge in [-0.15, -0.1) is 4.91 Å². The number of rotatable bonds is 6. The molecule has 1 fully saturated rings. The standard InChI is InChI=1S/C20H18N2O7/c1-19(2)28-17(23)20(18(24)29-19,11-13-3-7-15(21-25)8-4-13)12-14-5-9-16(10-6-14)22(26)27/h3-10H,11-12H2,1-2H3. The Bertz CT molecular complexity index is 945. The maximum atomic E-state index is 12.9. The average Bonchev–Trinajstić information content (AvgIpc) is 2.66. The fraction of sp³-hybridized carbons (Fsp3) is 0.300. The molecule has 1 aliphatic heterocycles. The Morgan fingerprint density at radius 1 is 0.897 bits per heavy atom. The molecule has 0 aromatic heterocycles. The number of cyclic esters (lactones) is 2. The number of benzene rings is 2. The quantitative estimate of drug-likeness (QED) is 0.239. The van der Waals surface area contributed by atoms with Crippen molar-refractivity contribution in [3.8, 4) is 0 Å². The molecule has 1 saturated heterocycles. The highest BCUT2D eigenvalue weighted by atomic mass is 16.7. The summed E-state index contributed by atoms with van der Waals surface area (Å²) in [5.74, 6) is -2.87. The Morgan fingerprint density at radius 3 is 1.76 bits per heavy atom. The van der Waals surface area contributed by atoms with Gasteiger partial charge in [0.1, 0.15) is 5.69 Å². The van der Waals surface area contributed by atoms with Crippen LogP contribution < -0.4 is 0 Å². The molecule has 150 valence electrons. The molecular weight excluding hydrogens is 380 g/mol. The van der Waals surface area contributed by atoms with E-state index in [4.69, 9.17) is 9.47 Å². The summed E-state index contributed by atoms with van der Waals surface area (Å²) >= 11 is 0. The second-order valence-corrected chi connectivity index (χ2v) is 7.30. The van der Waals surface area contributed by atoms with Crippen molar-refractivity contribution in [3.05, 3.63) is 74.7 Å². The number of carbonyl (C=O) groups excluding carboxylic acids is 2. The molecule has 0 radical (unpaired) electrons. The van der Waals surface area contributed by atoms with Gasteiger partial charge in [-0.25, -0.2) is 0 Å². The minimum Gasteiger partial charge on any atom is -0.422 e.